The number of carbonyl (C=O) groups is 4. The first-order chi connectivity index (χ1) is 12.2. The molecule has 0 fully saturated rings. The van der Waals surface area contributed by atoms with E-state index in [-0.39, 0.29) is 33.4 Å². The van der Waals surface area contributed by atoms with E-state index in [0.717, 1.165) is 6.07 Å². The van der Waals surface area contributed by atoms with E-state index < -0.39 is 23.9 Å². The molecule has 0 heterocycles. The van der Waals surface area contributed by atoms with Gasteiger partial charge in [0.2, 0.25) is 0 Å². The van der Waals surface area contributed by atoms with Gasteiger partial charge < -0.3 is 20.4 Å². The highest BCUT2D eigenvalue weighted by atomic mass is 16.4. The van der Waals surface area contributed by atoms with Crippen molar-refractivity contribution in [3.05, 3.63) is 69.8 Å². The van der Waals surface area contributed by atoms with Crippen LogP contribution < -0.4 is 0 Å². The largest absolute Gasteiger partial charge is 0.478 e. The average Bonchev–Trinajstić information content (AvgIpc) is 2.58. The molecule has 0 unspecified atom stereocenters. The van der Waals surface area contributed by atoms with Gasteiger partial charge in [-0.1, -0.05) is 24.3 Å². The summed E-state index contributed by atoms with van der Waals surface area (Å²) >= 11 is 0. The summed E-state index contributed by atoms with van der Waals surface area (Å²) < 4.78 is 0. The SMILES string of the molecule is O=C(O)c1ccc(/C=C\c2c(C(=O)O)cccc2C(=O)O)c(C(=O)O)c1. The van der Waals surface area contributed by atoms with Crippen LogP contribution in [-0.2, 0) is 0 Å². The van der Waals surface area contributed by atoms with E-state index in [1.807, 2.05) is 0 Å². The molecule has 2 aromatic rings. The second kappa shape index (κ2) is 7.31. The zero-order chi connectivity index (χ0) is 19.4. The molecule has 4 N–H and O–H groups in total. The standard InChI is InChI=1S/C18H12O8/c19-15(20)10-5-4-9(14(8-10)18(25)26)6-7-11-12(16(21)22)2-1-3-13(11)17(23)24/h1-8H,(H,19,20)(H,21,22)(H,23,24)(H,25,26)/b7-6-. The highest BCUT2D eigenvalue weighted by Gasteiger charge is 2.17. The Balaban J connectivity index is 2.61. The number of hydrogen-bond donors (Lipinski definition) is 4. The summed E-state index contributed by atoms with van der Waals surface area (Å²) in [6, 6.07) is 7.13. The first kappa shape index (κ1) is 18.4. The number of carboxylic acid groups (broad SMARTS) is 4. The van der Waals surface area contributed by atoms with Crippen molar-refractivity contribution >= 4 is 36.0 Å². The summed E-state index contributed by atoms with van der Waals surface area (Å²) in [6.07, 6.45) is 2.40. The minimum atomic E-state index is -1.38. The lowest BCUT2D eigenvalue weighted by atomic mass is 9.98. The number of rotatable bonds is 6. The first-order valence-corrected chi connectivity index (χ1v) is 7.10. The molecule has 0 aliphatic carbocycles. The highest BCUT2D eigenvalue weighted by Crippen LogP contribution is 2.21. The number of hydrogen-bond acceptors (Lipinski definition) is 4. The maximum absolute atomic E-state index is 11.3. The number of benzene rings is 2. The molecule has 0 aromatic heterocycles. The molecule has 0 saturated heterocycles. The van der Waals surface area contributed by atoms with Crippen LogP contribution in [0.25, 0.3) is 12.2 Å². The molecule has 0 bridgehead atoms. The summed E-state index contributed by atoms with van der Waals surface area (Å²) in [4.78, 5) is 44.9. The van der Waals surface area contributed by atoms with E-state index in [1.54, 1.807) is 0 Å². The van der Waals surface area contributed by atoms with E-state index in [0.29, 0.717) is 0 Å². The fourth-order valence-electron chi connectivity index (χ4n) is 2.31. The molecule has 0 aliphatic rings. The van der Waals surface area contributed by atoms with Crippen molar-refractivity contribution < 1.29 is 39.6 Å². The van der Waals surface area contributed by atoms with Crippen molar-refractivity contribution in [2.45, 2.75) is 0 Å². The maximum atomic E-state index is 11.3. The summed E-state index contributed by atoms with van der Waals surface area (Å²) in [5.41, 5.74) is -1.08. The Hall–Kier alpha value is -3.94. The van der Waals surface area contributed by atoms with Gasteiger partial charge >= 0.3 is 23.9 Å². The van der Waals surface area contributed by atoms with Crippen LogP contribution in [0.2, 0.25) is 0 Å². The Kier molecular flexibility index (Phi) is 5.17. The summed E-state index contributed by atoms with van der Waals surface area (Å²) in [7, 11) is 0. The third kappa shape index (κ3) is 3.75. The van der Waals surface area contributed by atoms with Crippen molar-refractivity contribution in [1.29, 1.82) is 0 Å². The Labute approximate surface area is 146 Å². The van der Waals surface area contributed by atoms with Crippen LogP contribution in [0.5, 0.6) is 0 Å². The summed E-state index contributed by atoms with van der Waals surface area (Å²) in [5, 5.41) is 36.6. The van der Waals surface area contributed by atoms with E-state index in [2.05, 4.69) is 0 Å². The molecular weight excluding hydrogens is 344 g/mol. The second-order valence-electron chi connectivity index (χ2n) is 5.12. The highest BCUT2D eigenvalue weighted by molar-refractivity contribution is 6.02. The van der Waals surface area contributed by atoms with Gasteiger partial charge in [-0.05, 0) is 29.8 Å². The van der Waals surface area contributed by atoms with Crippen molar-refractivity contribution in [3.63, 3.8) is 0 Å². The molecule has 8 heteroatoms. The van der Waals surface area contributed by atoms with Crippen LogP contribution in [-0.4, -0.2) is 44.3 Å². The fourth-order valence-corrected chi connectivity index (χ4v) is 2.31. The van der Waals surface area contributed by atoms with Crippen molar-refractivity contribution in [2.24, 2.45) is 0 Å². The fraction of sp³-hybridized carbons (Fsp3) is 0. The van der Waals surface area contributed by atoms with Crippen molar-refractivity contribution in [1.82, 2.24) is 0 Å². The van der Waals surface area contributed by atoms with Gasteiger partial charge in [0, 0.05) is 5.56 Å². The normalized spacial score (nSPS) is 10.6. The van der Waals surface area contributed by atoms with Gasteiger partial charge in [0.1, 0.15) is 0 Å². The third-order valence-corrected chi connectivity index (χ3v) is 3.53. The molecule has 0 aliphatic heterocycles. The lowest BCUT2D eigenvalue weighted by Crippen LogP contribution is -2.07. The maximum Gasteiger partial charge on any atom is 0.336 e. The molecule has 0 radical (unpaired) electrons. The summed E-state index contributed by atoms with van der Waals surface area (Å²) in [6.45, 7) is 0. The molecule has 0 atom stereocenters. The molecule has 8 nitrogen and oxygen atoms in total. The minimum Gasteiger partial charge on any atom is -0.478 e. The van der Waals surface area contributed by atoms with E-state index in [4.69, 9.17) is 5.11 Å². The van der Waals surface area contributed by atoms with Crippen LogP contribution in [0.1, 0.15) is 52.6 Å². The van der Waals surface area contributed by atoms with Gasteiger partial charge in [0.05, 0.1) is 22.3 Å². The molecular formula is C18H12O8. The second-order valence-corrected chi connectivity index (χ2v) is 5.12. The van der Waals surface area contributed by atoms with Crippen LogP contribution in [0.3, 0.4) is 0 Å². The molecule has 2 aromatic carbocycles. The van der Waals surface area contributed by atoms with Gasteiger partial charge in [0.25, 0.3) is 0 Å². The molecule has 0 amide bonds. The van der Waals surface area contributed by atoms with E-state index >= 15 is 0 Å². The minimum absolute atomic E-state index is 0.0963. The van der Waals surface area contributed by atoms with Crippen molar-refractivity contribution in [2.75, 3.05) is 0 Å². The van der Waals surface area contributed by atoms with Crippen molar-refractivity contribution in [3.8, 4) is 0 Å². The zero-order valence-corrected chi connectivity index (χ0v) is 13.0. The van der Waals surface area contributed by atoms with Crippen LogP contribution in [0.15, 0.2) is 36.4 Å². The lowest BCUT2D eigenvalue weighted by Gasteiger charge is -2.07. The quantitative estimate of drug-likeness (QED) is 0.577. The van der Waals surface area contributed by atoms with E-state index in [9.17, 15) is 34.5 Å². The van der Waals surface area contributed by atoms with E-state index in [1.165, 1.54) is 42.5 Å². The molecule has 0 saturated carbocycles. The predicted octanol–water partition coefficient (Wildman–Crippen LogP) is 2.65. The average molecular weight is 356 g/mol. The Bertz CT molecular complexity index is 923. The molecule has 26 heavy (non-hydrogen) atoms. The third-order valence-electron chi connectivity index (χ3n) is 3.53. The van der Waals surface area contributed by atoms with Crippen LogP contribution >= 0.6 is 0 Å². The van der Waals surface area contributed by atoms with Gasteiger partial charge in [0.15, 0.2) is 0 Å². The van der Waals surface area contributed by atoms with Crippen LogP contribution in [0, 0.1) is 0 Å². The molecule has 2 rings (SSSR count). The molecule has 132 valence electrons. The van der Waals surface area contributed by atoms with Gasteiger partial charge in [-0.2, -0.15) is 0 Å². The number of aromatic carboxylic acids is 4. The van der Waals surface area contributed by atoms with Crippen LogP contribution in [0.4, 0.5) is 0 Å². The summed E-state index contributed by atoms with van der Waals surface area (Å²) in [5.74, 6) is -5.36. The Morgan fingerprint density at radius 1 is 0.654 bits per heavy atom. The first-order valence-electron chi connectivity index (χ1n) is 7.10. The number of carboxylic acids is 4. The zero-order valence-electron chi connectivity index (χ0n) is 13.0. The Morgan fingerprint density at radius 3 is 1.65 bits per heavy atom. The monoisotopic (exact) mass is 356 g/mol. The Morgan fingerprint density at radius 2 is 1.19 bits per heavy atom. The van der Waals surface area contributed by atoms with Gasteiger partial charge in [-0.25, -0.2) is 19.2 Å². The topological polar surface area (TPSA) is 149 Å². The smallest absolute Gasteiger partial charge is 0.336 e. The molecule has 0 spiro atoms. The predicted molar refractivity (Wildman–Crippen MR) is 89.6 cm³/mol. The lowest BCUT2D eigenvalue weighted by molar-refractivity contribution is 0.0676. The van der Waals surface area contributed by atoms with Gasteiger partial charge in [-0.3, -0.25) is 0 Å². The van der Waals surface area contributed by atoms with Gasteiger partial charge in [-0.15, -0.1) is 0 Å².